The average molecular weight is 473 g/mol. The van der Waals surface area contributed by atoms with Crippen molar-refractivity contribution in [1.29, 1.82) is 0 Å². The third kappa shape index (κ3) is 4.48. The zero-order valence-electron chi connectivity index (χ0n) is 18.2. The number of rotatable bonds is 4. The monoisotopic (exact) mass is 472 g/mol. The molecule has 3 aromatic carbocycles. The van der Waals surface area contributed by atoms with Crippen LogP contribution in [0.3, 0.4) is 0 Å². The van der Waals surface area contributed by atoms with Gasteiger partial charge in [-0.05, 0) is 36.4 Å². The first-order valence-electron chi connectivity index (χ1n) is 10.9. The fourth-order valence-corrected chi connectivity index (χ4v) is 4.23. The van der Waals surface area contributed by atoms with Crippen molar-refractivity contribution in [2.45, 2.75) is 0 Å². The number of morpholine rings is 1. The van der Waals surface area contributed by atoms with Gasteiger partial charge in [-0.1, -0.05) is 41.9 Å². The Kier molecular flexibility index (Phi) is 6.20. The van der Waals surface area contributed by atoms with E-state index in [1.807, 2.05) is 42.5 Å². The molecule has 1 aromatic heterocycles. The predicted molar refractivity (Wildman–Crippen MR) is 131 cm³/mol. The van der Waals surface area contributed by atoms with Crippen LogP contribution in [0.15, 0.2) is 73.1 Å². The molecule has 8 heteroatoms. The van der Waals surface area contributed by atoms with E-state index in [1.54, 1.807) is 23.1 Å². The van der Waals surface area contributed by atoms with Crippen LogP contribution < -0.4 is 5.32 Å². The van der Waals surface area contributed by atoms with Crippen LogP contribution in [-0.4, -0.2) is 53.0 Å². The molecule has 170 valence electrons. The second kappa shape index (κ2) is 9.59. The van der Waals surface area contributed by atoms with Gasteiger partial charge in [-0.3, -0.25) is 9.59 Å². The summed E-state index contributed by atoms with van der Waals surface area (Å²) in [7, 11) is 0. The zero-order valence-corrected chi connectivity index (χ0v) is 19.0. The number of nitrogens with zero attached hydrogens (tertiary/aromatic N) is 3. The van der Waals surface area contributed by atoms with Crippen molar-refractivity contribution < 1.29 is 14.3 Å². The molecule has 7 nitrogen and oxygen atoms in total. The lowest BCUT2D eigenvalue weighted by Gasteiger charge is -2.27. The Hall–Kier alpha value is -3.81. The maximum atomic E-state index is 12.9. The van der Waals surface area contributed by atoms with E-state index in [2.05, 4.69) is 15.3 Å². The smallest absolute Gasteiger partial charge is 0.257 e. The first-order valence-corrected chi connectivity index (χ1v) is 11.3. The number of para-hydroxylation sites is 1. The molecular formula is C26H21ClN4O3. The first kappa shape index (κ1) is 22.0. The molecule has 1 aliphatic rings. The van der Waals surface area contributed by atoms with Crippen molar-refractivity contribution in [1.82, 2.24) is 14.9 Å². The number of halogens is 1. The summed E-state index contributed by atoms with van der Waals surface area (Å²) in [4.78, 5) is 36.1. The van der Waals surface area contributed by atoms with Crippen molar-refractivity contribution in [3.63, 3.8) is 0 Å². The molecule has 2 amide bonds. The number of amides is 2. The largest absolute Gasteiger partial charge is 0.378 e. The summed E-state index contributed by atoms with van der Waals surface area (Å²) < 4.78 is 5.29. The van der Waals surface area contributed by atoms with Gasteiger partial charge in [0.15, 0.2) is 0 Å². The van der Waals surface area contributed by atoms with Crippen LogP contribution in [0.2, 0.25) is 5.02 Å². The molecule has 5 rings (SSSR count). The molecule has 0 radical (unpaired) electrons. The van der Waals surface area contributed by atoms with Crippen molar-refractivity contribution in [2.75, 3.05) is 31.6 Å². The quantitative estimate of drug-likeness (QED) is 0.466. The van der Waals surface area contributed by atoms with Crippen LogP contribution in [0.1, 0.15) is 20.7 Å². The third-order valence-corrected chi connectivity index (χ3v) is 6.01. The van der Waals surface area contributed by atoms with Crippen LogP contribution in [0.4, 0.5) is 5.69 Å². The molecule has 0 aliphatic carbocycles. The van der Waals surface area contributed by atoms with Crippen molar-refractivity contribution in [2.24, 2.45) is 0 Å². The Morgan fingerprint density at radius 2 is 1.76 bits per heavy atom. The standard InChI is InChI=1S/C26H21ClN4O3/c27-22-15-18(26(33)31-10-12-34-13-11-31)8-9-20(22)25(32)30-19-5-3-4-17(14-19)24-21-6-1-2-7-23(21)28-16-29-24/h1-9,14-16H,10-13H2,(H,30,32). The molecular weight excluding hydrogens is 452 g/mol. The summed E-state index contributed by atoms with van der Waals surface area (Å²) in [6, 6.07) is 20.0. The summed E-state index contributed by atoms with van der Waals surface area (Å²) in [6.07, 6.45) is 1.53. The summed E-state index contributed by atoms with van der Waals surface area (Å²) >= 11 is 6.39. The van der Waals surface area contributed by atoms with E-state index in [1.165, 1.54) is 12.4 Å². The molecule has 34 heavy (non-hydrogen) atoms. The molecule has 4 aromatic rings. The van der Waals surface area contributed by atoms with E-state index in [0.29, 0.717) is 37.6 Å². The SMILES string of the molecule is O=C(Nc1cccc(-c2ncnc3ccccc23)c1)c1ccc(C(=O)N2CCOCC2)cc1Cl. The molecule has 2 heterocycles. The van der Waals surface area contributed by atoms with Crippen molar-refractivity contribution in [3.05, 3.63) is 89.2 Å². The van der Waals surface area contributed by atoms with Crippen LogP contribution >= 0.6 is 11.6 Å². The van der Waals surface area contributed by atoms with E-state index >= 15 is 0 Å². The number of carbonyl (C=O) groups excluding carboxylic acids is 2. The normalized spacial score (nSPS) is 13.6. The number of fused-ring (bicyclic) bond motifs is 1. The van der Waals surface area contributed by atoms with Gasteiger partial charge >= 0.3 is 0 Å². The Labute approximate surface area is 201 Å². The molecule has 0 atom stereocenters. The summed E-state index contributed by atoms with van der Waals surface area (Å²) in [5.74, 6) is -0.484. The van der Waals surface area contributed by atoms with Crippen LogP contribution in [-0.2, 0) is 4.74 Å². The molecule has 0 unspecified atom stereocenters. The van der Waals surface area contributed by atoms with E-state index < -0.39 is 0 Å². The highest BCUT2D eigenvalue weighted by Crippen LogP contribution is 2.28. The van der Waals surface area contributed by atoms with Gasteiger partial charge in [-0.2, -0.15) is 0 Å². The molecule has 1 fully saturated rings. The second-order valence-corrected chi connectivity index (χ2v) is 8.28. The molecule has 1 saturated heterocycles. The van der Waals surface area contributed by atoms with Gasteiger partial charge in [0, 0.05) is 35.3 Å². The minimum atomic E-state index is -0.361. The number of nitrogens with one attached hydrogen (secondary N) is 1. The van der Waals surface area contributed by atoms with Gasteiger partial charge in [0.1, 0.15) is 6.33 Å². The minimum absolute atomic E-state index is 0.123. The number of aromatic nitrogens is 2. The first-order chi connectivity index (χ1) is 16.6. The van der Waals surface area contributed by atoms with E-state index in [-0.39, 0.29) is 22.4 Å². The third-order valence-electron chi connectivity index (χ3n) is 5.70. The van der Waals surface area contributed by atoms with Gasteiger partial charge in [0.05, 0.1) is 35.0 Å². The highest BCUT2D eigenvalue weighted by Gasteiger charge is 2.20. The van der Waals surface area contributed by atoms with Gasteiger partial charge in [-0.25, -0.2) is 9.97 Å². The Morgan fingerprint density at radius 3 is 2.59 bits per heavy atom. The minimum Gasteiger partial charge on any atom is -0.378 e. The lowest BCUT2D eigenvalue weighted by atomic mass is 10.1. The van der Waals surface area contributed by atoms with E-state index in [9.17, 15) is 9.59 Å². The second-order valence-electron chi connectivity index (χ2n) is 7.87. The van der Waals surface area contributed by atoms with E-state index in [4.69, 9.17) is 16.3 Å². The number of ether oxygens (including phenoxy) is 1. The fourth-order valence-electron chi connectivity index (χ4n) is 3.96. The highest BCUT2D eigenvalue weighted by molar-refractivity contribution is 6.34. The molecule has 0 spiro atoms. The Morgan fingerprint density at radius 1 is 0.941 bits per heavy atom. The predicted octanol–water partition coefficient (Wildman–Crippen LogP) is 4.67. The van der Waals surface area contributed by atoms with Gasteiger partial charge in [0.25, 0.3) is 11.8 Å². The lowest BCUT2D eigenvalue weighted by Crippen LogP contribution is -2.40. The van der Waals surface area contributed by atoms with Crippen molar-refractivity contribution in [3.8, 4) is 11.3 Å². The van der Waals surface area contributed by atoms with Gasteiger partial charge in [-0.15, -0.1) is 0 Å². The lowest BCUT2D eigenvalue weighted by molar-refractivity contribution is 0.0303. The fraction of sp³-hybridized carbons (Fsp3) is 0.154. The average Bonchev–Trinajstić information content (AvgIpc) is 2.88. The molecule has 1 N–H and O–H groups in total. The number of benzene rings is 3. The summed E-state index contributed by atoms with van der Waals surface area (Å²) in [6.45, 7) is 2.11. The molecule has 1 aliphatic heterocycles. The maximum Gasteiger partial charge on any atom is 0.257 e. The van der Waals surface area contributed by atoms with Crippen LogP contribution in [0.25, 0.3) is 22.2 Å². The van der Waals surface area contributed by atoms with Crippen LogP contribution in [0, 0.1) is 0 Å². The number of carbonyl (C=O) groups is 2. The summed E-state index contributed by atoms with van der Waals surface area (Å²) in [5, 5.41) is 4.04. The zero-order chi connectivity index (χ0) is 23.5. The topological polar surface area (TPSA) is 84.4 Å². The van der Waals surface area contributed by atoms with Crippen LogP contribution in [0.5, 0.6) is 0 Å². The molecule has 0 saturated carbocycles. The summed E-state index contributed by atoms with van der Waals surface area (Å²) in [5.41, 5.74) is 3.83. The van der Waals surface area contributed by atoms with E-state index in [0.717, 1.165) is 22.2 Å². The Bertz CT molecular complexity index is 1380. The number of anilines is 1. The van der Waals surface area contributed by atoms with Gasteiger partial charge < -0.3 is 15.0 Å². The van der Waals surface area contributed by atoms with Crippen molar-refractivity contribution >= 4 is 40.0 Å². The maximum absolute atomic E-state index is 12.9. The highest BCUT2D eigenvalue weighted by atomic mass is 35.5. The Balaban J connectivity index is 1.36. The van der Waals surface area contributed by atoms with Gasteiger partial charge in [0.2, 0.25) is 0 Å². The number of hydrogen-bond donors (Lipinski definition) is 1. The molecule has 0 bridgehead atoms. The number of hydrogen-bond acceptors (Lipinski definition) is 5.